The Balaban J connectivity index is 3.47. The lowest BCUT2D eigenvalue weighted by Crippen LogP contribution is -1.98. The van der Waals surface area contributed by atoms with Crippen LogP contribution in [0.15, 0.2) is 17.0 Å². The van der Waals surface area contributed by atoms with Crippen LogP contribution in [-0.2, 0) is 9.84 Å². The summed E-state index contributed by atoms with van der Waals surface area (Å²) in [6.45, 7) is 1.72. The van der Waals surface area contributed by atoms with E-state index in [1.54, 1.807) is 13.0 Å². The van der Waals surface area contributed by atoms with Crippen molar-refractivity contribution in [2.75, 3.05) is 6.26 Å². The third kappa shape index (κ3) is 1.79. The smallest absolute Gasteiger partial charge is 0.177 e. The van der Waals surface area contributed by atoms with Crippen LogP contribution in [0.2, 0.25) is 5.02 Å². The molecule has 0 unspecified atom stereocenters. The van der Waals surface area contributed by atoms with Gasteiger partial charge in [-0.3, -0.25) is 0 Å². The fourth-order valence-corrected chi connectivity index (χ4v) is 2.18. The molecule has 4 heteroatoms. The van der Waals surface area contributed by atoms with Crippen LogP contribution in [0.1, 0.15) is 5.56 Å². The molecule has 1 aromatic carbocycles. The molecule has 0 heterocycles. The van der Waals surface area contributed by atoms with Crippen LogP contribution in [-0.4, -0.2) is 14.7 Å². The molecule has 0 fully saturated rings. The molecule has 1 rings (SSSR count). The highest BCUT2D eigenvalue weighted by atomic mass is 35.5. The van der Waals surface area contributed by atoms with Crippen molar-refractivity contribution in [2.24, 2.45) is 0 Å². The van der Waals surface area contributed by atoms with Crippen molar-refractivity contribution in [3.63, 3.8) is 0 Å². The quantitative estimate of drug-likeness (QED) is 0.698. The third-order valence-electron chi connectivity index (χ3n) is 1.48. The first-order chi connectivity index (χ1) is 5.43. The highest BCUT2D eigenvalue weighted by Gasteiger charge is 2.12. The first kappa shape index (κ1) is 9.55. The van der Waals surface area contributed by atoms with Gasteiger partial charge >= 0.3 is 0 Å². The molecule has 0 atom stereocenters. The summed E-state index contributed by atoms with van der Waals surface area (Å²) in [6, 6.07) is 5.82. The lowest BCUT2D eigenvalue weighted by atomic mass is 10.2. The number of benzene rings is 1. The molecule has 0 spiro atoms. The molecule has 0 aliphatic carbocycles. The van der Waals surface area contributed by atoms with Gasteiger partial charge < -0.3 is 0 Å². The number of rotatable bonds is 1. The van der Waals surface area contributed by atoms with Gasteiger partial charge in [-0.15, -0.1) is 0 Å². The van der Waals surface area contributed by atoms with E-state index in [0.29, 0.717) is 5.56 Å². The van der Waals surface area contributed by atoms with Crippen LogP contribution in [0.4, 0.5) is 0 Å². The van der Waals surface area contributed by atoms with Crippen molar-refractivity contribution in [3.05, 3.63) is 28.8 Å². The summed E-state index contributed by atoms with van der Waals surface area (Å²) in [6.07, 6.45) is 1.13. The molecule has 0 aromatic heterocycles. The molecule has 1 aromatic rings. The summed E-state index contributed by atoms with van der Waals surface area (Å²) in [7, 11) is -3.21. The average molecular weight is 204 g/mol. The molecule has 1 radical (unpaired) electrons. The molecule has 0 aliphatic rings. The number of hydrogen-bond acceptors (Lipinski definition) is 2. The van der Waals surface area contributed by atoms with Gasteiger partial charge in [-0.25, -0.2) is 8.42 Å². The van der Waals surface area contributed by atoms with Crippen molar-refractivity contribution < 1.29 is 8.42 Å². The summed E-state index contributed by atoms with van der Waals surface area (Å²) in [5, 5.41) is 0.264. The Labute approximate surface area is 77.1 Å². The van der Waals surface area contributed by atoms with E-state index in [2.05, 4.69) is 6.07 Å². The standard InChI is InChI=1S/C8H8ClO2S/c1-6-4-3-5-7(8(6)9)12(2,10)11/h3,5H,1-2H3. The minimum absolute atomic E-state index is 0.167. The monoisotopic (exact) mass is 203 g/mol. The summed E-state index contributed by atoms with van der Waals surface area (Å²) >= 11 is 5.77. The average Bonchev–Trinajstić information content (AvgIpc) is 1.92. The second kappa shape index (κ2) is 3.07. The molecule has 0 amide bonds. The van der Waals surface area contributed by atoms with Crippen molar-refractivity contribution in [3.8, 4) is 0 Å². The van der Waals surface area contributed by atoms with E-state index >= 15 is 0 Å². The Morgan fingerprint density at radius 1 is 1.50 bits per heavy atom. The van der Waals surface area contributed by atoms with Crippen LogP contribution in [0.3, 0.4) is 0 Å². The van der Waals surface area contributed by atoms with Gasteiger partial charge in [-0.2, -0.15) is 0 Å². The van der Waals surface area contributed by atoms with Crippen LogP contribution < -0.4 is 0 Å². The highest BCUT2D eigenvalue weighted by molar-refractivity contribution is 7.90. The SMILES string of the molecule is Cc1[c]ccc(S(C)(=O)=O)c1Cl. The summed E-state index contributed by atoms with van der Waals surface area (Å²) in [5.41, 5.74) is 0.652. The van der Waals surface area contributed by atoms with Gasteiger partial charge in [0.15, 0.2) is 9.84 Å². The fourth-order valence-electron chi connectivity index (χ4n) is 0.850. The number of sulfone groups is 1. The molecular weight excluding hydrogens is 196 g/mol. The van der Waals surface area contributed by atoms with Gasteiger partial charge in [0, 0.05) is 6.26 Å². The molecule has 2 nitrogen and oxygen atoms in total. The van der Waals surface area contributed by atoms with Gasteiger partial charge in [-0.1, -0.05) is 17.7 Å². The Hall–Kier alpha value is -0.540. The molecule has 0 saturated carbocycles. The predicted molar refractivity (Wildman–Crippen MR) is 48.1 cm³/mol. The minimum atomic E-state index is -3.21. The highest BCUT2D eigenvalue weighted by Crippen LogP contribution is 2.23. The fraction of sp³-hybridized carbons (Fsp3) is 0.250. The maximum Gasteiger partial charge on any atom is 0.177 e. The van der Waals surface area contributed by atoms with Crippen LogP contribution in [0, 0.1) is 13.0 Å². The molecule has 0 N–H and O–H groups in total. The van der Waals surface area contributed by atoms with E-state index in [1.165, 1.54) is 6.07 Å². The van der Waals surface area contributed by atoms with Crippen molar-refractivity contribution in [1.82, 2.24) is 0 Å². The van der Waals surface area contributed by atoms with Gasteiger partial charge in [0.1, 0.15) is 0 Å². The Bertz CT molecular complexity index is 396. The molecular formula is C8H8ClO2S. The zero-order valence-electron chi connectivity index (χ0n) is 6.76. The minimum Gasteiger partial charge on any atom is -0.224 e. The largest absolute Gasteiger partial charge is 0.224 e. The van der Waals surface area contributed by atoms with Crippen molar-refractivity contribution in [2.45, 2.75) is 11.8 Å². The first-order valence-electron chi connectivity index (χ1n) is 3.30. The van der Waals surface area contributed by atoms with Gasteiger partial charge in [-0.05, 0) is 24.6 Å². The van der Waals surface area contributed by atoms with E-state index in [9.17, 15) is 8.42 Å². The van der Waals surface area contributed by atoms with Gasteiger partial charge in [0.05, 0.1) is 9.92 Å². The molecule has 12 heavy (non-hydrogen) atoms. The maximum absolute atomic E-state index is 11.1. The zero-order valence-corrected chi connectivity index (χ0v) is 8.33. The summed E-state index contributed by atoms with van der Waals surface area (Å²) in [4.78, 5) is 0.167. The Kier molecular flexibility index (Phi) is 2.44. The Morgan fingerprint density at radius 3 is 2.50 bits per heavy atom. The second-order valence-corrected chi connectivity index (χ2v) is 4.92. The summed E-state index contributed by atoms with van der Waals surface area (Å²) in [5.74, 6) is 0. The second-order valence-electron chi connectivity index (χ2n) is 2.55. The van der Waals surface area contributed by atoms with E-state index in [-0.39, 0.29) is 9.92 Å². The normalized spacial score (nSPS) is 11.6. The van der Waals surface area contributed by atoms with Crippen LogP contribution in [0.25, 0.3) is 0 Å². The van der Waals surface area contributed by atoms with Gasteiger partial charge in [0.25, 0.3) is 0 Å². The first-order valence-corrected chi connectivity index (χ1v) is 5.56. The Morgan fingerprint density at radius 2 is 2.08 bits per heavy atom. The number of aryl methyl sites for hydroxylation is 1. The molecule has 0 bridgehead atoms. The van der Waals surface area contributed by atoms with E-state index < -0.39 is 9.84 Å². The van der Waals surface area contributed by atoms with Gasteiger partial charge in [0.2, 0.25) is 0 Å². The topological polar surface area (TPSA) is 34.1 Å². The van der Waals surface area contributed by atoms with Crippen molar-refractivity contribution >= 4 is 21.4 Å². The van der Waals surface area contributed by atoms with Crippen LogP contribution >= 0.6 is 11.6 Å². The maximum atomic E-state index is 11.1. The molecule has 0 aliphatic heterocycles. The number of hydrogen-bond donors (Lipinski definition) is 0. The lowest BCUT2D eigenvalue weighted by molar-refractivity contribution is 0.602. The summed E-state index contributed by atoms with van der Waals surface area (Å²) < 4.78 is 22.2. The van der Waals surface area contributed by atoms with Crippen molar-refractivity contribution in [1.29, 1.82) is 0 Å². The van der Waals surface area contributed by atoms with Crippen LogP contribution in [0.5, 0.6) is 0 Å². The molecule has 0 saturated heterocycles. The third-order valence-corrected chi connectivity index (χ3v) is 3.22. The molecule has 65 valence electrons. The number of halogens is 1. The van der Waals surface area contributed by atoms with E-state index in [1.807, 2.05) is 0 Å². The predicted octanol–water partition coefficient (Wildman–Crippen LogP) is 1.85. The zero-order chi connectivity index (χ0) is 9.35. The lowest BCUT2D eigenvalue weighted by Gasteiger charge is -2.02. The van der Waals surface area contributed by atoms with E-state index in [4.69, 9.17) is 11.6 Å². The van der Waals surface area contributed by atoms with E-state index in [0.717, 1.165) is 6.26 Å².